The highest BCUT2D eigenvalue weighted by Crippen LogP contribution is 2.34. The number of likely N-dealkylation sites (tertiary alicyclic amines) is 2. The number of carbonyl (C=O) groups excluding carboxylic acids is 1. The molecule has 1 N–H and O–H groups in total. The molecule has 3 aromatic carbocycles. The molecule has 2 saturated heterocycles. The quantitative estimate of drug-likeness (QED) is 0.323. The van der Waals surface area contributed by atoms with Gasteiger partial charge in [-0.1, -0.05) is 52.6 Å². The van der Waals surface area contributed by atoms with Crippen LogP contribution in [0.2, 0.25) is 10.0 Å². The zero-order valence-corrected chi connectivity index (χ0v) is 20.9. The summed E-state index contributed by atoms with van der Waals surface area (Å²) >= 11 is 12.2. The molecule has 2 amide bonds. The molecule has 4 aromatic rings. The normalized spacial score (nSPS) is 19.6. The second-order valence-electron chi connectivity index (χ2n) is 9.43. The van der Waals surface area contributed by atoms with Crippen LogP contribution >= 0.6 is 23.2 Å². The summed E-state index contributed by atoms with van der Waals surface area (Å²) in [7, 11) is 0. The van der Waals surface area contributed by atoms with Crippen LogP contribution in [0.3, 0.4) is 0 Å². The lowest BCUT2D eigenvalue weighted by molar-refractivity contribution is 0.211. The molecule has 0 radical (unpaired) electrons. The first-order valence-corrected chi connectivity index (χ1v) is 12.6. The number of para-hydroxylation sites is 1. The van der Waals surface area contributed by atoms with E-state index in [1.54, 1.807) is 18.2 Å². The number of rotatable bonds is 5. The van der Waals surface area contributed by atoms with Gasteiger partial charge < -0.3 is 14.2 Å². The highest BCUT2D eigenvalue weighted by Gasteiger charge is 2.41. The molecule has 9 heteroatoms. The first-order valence-electron chi connectivity index (χ1n) is 11.9. The van der Waals surface area contributed by atoms with Gasteiger partial charge in [0.2, 0.25) is 0 Å². The third kappa shape index (κ3) is 4.87. The van der Waals surface area contributed by atoms with E-state index in [0.717, 1.165) is 43.9 Å². The van der Waals surface area contributed by atoms with Gasteiger partial charge in [0, 0.05) is 42.8 Å². The number of hydrogen-bond donors (Lipinski definition) is 1. The molecule has 3 heterocycles. The van der Waals surface area contributed by atoms with Crippen molar-refractivity contribution < 1.29 is 14.1 Å². The maximum absolute atomic E-state index is 12.9. The van der Waals surface area contributed by atoms with Crippen molar-refractivity contribution in [3.8, 4) is 11.5 Å². The molecular weight excluding hydrogens is 499 g/mol. The Morgan fingerprint density at radius 3 is 2.47 bits per heavy atom. The first-order chi connectivity index (χ1) is 17.5. The van der Waals surface area contributed by atoms with Gasteiger partial charge in [0.25, 0.3) is 0 Å². The number of urea groups is 1. The van der Waals surface area contributed by atoms with Crippen molar-refractivity contribution in [3.63, 3.8) is 0 Å². The molecule has 1 aromatic heterocycles. The van der Waals surface area contributed by atoms with Crippen molar-refractivity contribution in [2.75, 3.05) is 31.5 Å². The van der Waals surface area contributed by atoms with Crippen LogP contribution in [0, 0.1) is 11.8 Å². The maximum atomic E-state index is 12.9. The second-order valence-corrected chi connectivity index (χ2v) is 10.3. The summed E-state index contributed by atoms with van der Waals surface area (Å²) in [6, 6.07) is 20.6. The fourth-order valence-electron chi connectivity index (χ4n) is 5.23. The predicted molar refractivity (Wildman–Crippen MR) is 140 cm³/mol. The Bertz CT molecular complexity index is 1390. The van der Waals surface area contributed by atoms with Crippen molar-refractivity contribution in [2.24, 2.45) is 11.8 Å². The number of halogens is 2. The molecule has 0 saturated carbocycles. The van der Waals surface area contributed by atoms with E-state index in [4.69, 9.17) is 32.5 Å². The number of fused-ring (bicyclic) bond motifs is 2. The summed E-state index contributed by atoms with van der Waals surface area (Å²) in [4.78, 5) is 17.2. The summed E-state index contributed by atoms with van der Waals surface area (Å²) in [6.07, 6.45) is 0. The molecule has 2 fully saturated rings. The highest BCUT2D eigenvalue weighted by atomic mass is 35.5. The summed E-state index contributed by atoms with van der Waals surface area (Å²) in [5.74, 6) is 2.73. The topological polar surface area (TPSA) is 70.8 Å². The van der Waals surface area contributed by atoms with Crippen LogP contribution < -0.4 is 10.1 Å². The average molecular weight is 523 g/mol. The molecule has 2 aliphatic heterocycles. The summed E-state index contributed by atoms with van der Waals surface area (Å²) in [6.45, 7) is 4.22. The van der Waals surface area contributed by atoms with Crippen molar-refractivity contribution in [1.29, 1.82) is 0 Å². The van der Waals surface area contributed by atoms with Gasteiger partial charge in [-0.05, 0) is 59.9 Å². The van der Waals surface area contributed by atoms with Gasteiger partial charge >= 0.3 is 6.03 Å². The van der Waals surface area contributed by atoms with Crippen LogP contribution in [0.4, 0.5) is 10.6 Å². The molecule has 7 nitrogen and oxygen atoms in total. The Balaban J connectivity index is 1.04. The van der Waals surface area contributed by atoms with Gasteiger partial charge in [0.05, 0.1) is 5.39 Å². The molecule has 0 aliphatic carbocycles. The Kier molecular flexibility index (Phi) is 6.21. The monoisotopic (exact) mass is 522 g/mol. The van der Waals surface area contributed by atoms with Gasteiger partial charge in [-0.15, -0.1) is 0 Å². The van der Waals surface area contributed by atoms with Gasteiger partial charge in [-0.2, -0.15) is 0 Å². The summed E-state index contributed by atoms with van der Waals surface area (Å²) in [5, 5.41) is 8.81. The standard InChI is InChI=1S/C27H24Cl2N4O3/c28-20-9-21(29)11-23(10-20)35-22-5-3-4-17(8-22)12-32-13-18-15-33(16-19(18)14-32)27(34)30-26-24-6-1-2-7-25(24)36-31-26/h1-11,18-19H,12-16H2,(H,30,31,34). The van der Waals surface area contributed by atoms with Gasteiger partial charge in [0.15, 0.2) is 11.4 Å². The van der Waals surface area contributed by atoms with Crippen molar-refractivity contribution in [1.82, 2.24) is 15.0 Å². The number of benzene rings is 3. The smallest absolute Gasteiger partial charge is 0.323 e. The number of ether oxygens (including phenoxy) is 1. The SMILES string of the molecule is O=C(Nc1noc2ccccc12)N1CC2CN(Cc3cccc(Oc4cc(Cl)cc(Cl)c4)c3)CC2C1. The Hall–Kier alpha value is -3.26. The minimum Gasteiger partial charge on any atom is -0.457 e. The lowest BCUT2D eigenvalue weighted by Crippen LogP contribution is -2.36. The number of aromatic nitrogens is 1. The van der Waals surface area contributed by atoms with E-state index < -0.39 is 0 Å². The highest BCUT2D eigenvalue weighted by molar-refractivity contribution is 6.34. The largest absolute Gasteiger partial charge is 0.457 e. The van der Waals surface area contributed by atoms with E-state index in [1.165, 1.54) is 5.56 Å². The number of hydrogen-bond acceptors (Lipinski definition) is 5. The van der Waals surface area contributed by atoms with E-state index in [2.05, 4.69) is 21.4 Å². The van der Waals surface area contributed by atoms with Gasteiger partial charge in [-0.3, -0.25) is 10.2 Å². The number of amides is 2. The summed E-state index contributed by atoms with van der Waals surface area (Å²) in [5.41, 5.74) is 1.83. The third-order valence-corrected chi connectivity index (χ3v) is 7.26. The van der Waals surface area contributed by atoms with Crippen LogP contribution in [-0.4, -0.2) is 47.2 Å². The van der Waals surface area contributed by atoms with Crippen molar-refractivity contribution in [3.05, 3.63) is 82.3 Å². The van der Waals surface area contributed by atoms with Crippen LogP contribution in [0.25, 0.3) is 11.0 Å². The Labute approximate surface area is 218 Å². The predicted octanol–water partition coefficient (Wildman–Crippen LogP) is 6.52. The molecule has 2 atom stereocenters. The van der Waals surface area contributed by atoms with E-state index >= 15 is 0 Å². The molecule has 0 bridgehead atoms. The number of nitrogens with one attached hydrogen (secondary N) is 1. The Morgan fingerprint density at radius 2 is 1.69 bits per heavy atom. The average Bonchev–Trinajstić information content (AvgIpc) is 3.52. The van der Waals surface area contributed by atoms with Crippen LogP contribution in [0.1, 0.15) is 5.56 Å². The fraction of sp³-hybridized carbons (Fsp3) is 0.259. The van der Waals surface area contributed by atoms with Gasteiger partial charge in [-0.25, -0.2) is 4.79 Å². The number of anilines is 1. The molecule has 6 rings (SSSR count). The maximum Gasteiger partial charge on any atom is 0.323 e. The van der Waals surface area contributed by atoms with E-state index in [1.807, 2.05) is 47.4 Å². The minimum atomic E-state index is -0.124. The number of nitrogens with zero attached hydrogens (tertiary/aromatic N) is 3. The zero-order valence-electron chi connectivity index (χ0n) is 19.4. The van der Waals surface area contributed by atoms with Crippen LogP contribution in [0.15, 0.2) is 71.3 Å². The molecular formula is C27H24Cl2N4O3. The third-order valence-electron chi connectivity index (χ3n) is 6.83. The first kappa shape index (κ1) is 23.2. The zero-order chi connectivity index (χ0) is 24.6. The van der Waals surface area contributed by atoms with Crippen LogP contribution in [0.5, 0.6) is 11.5 Å². The minimum absolute atomic E-state index is 0.124. The Morgan fingerprint density at radius 1 is 0.944 bits per heavy atom. The molecule has 2 aliphatic rings. The van der Waals surface area contributed by atoms with Crippen molar-refractivity contribution in [2.45, 2.75) is 6.54 Å². The van der Waals surface area contributed by atoms with E-state index in [9.17, 15) is 4.79 Å². The van der Waals surface area contributed by atoms with Gasteiger partial charge in [0.1, 0.15) is 11.5 Å². The second kappa shape index (κ2) is 9.65. The van der Waals surface area contributed by atoms with E-state index in [0.29, 0.717) is 39.0 Å². The molecule has 2 unspecified atom stereocenters. The summed E-state index contributed by atoms with van der Waals surface area (Å²) < 4.78 is 11.3. The fourth-order valence-corrected chi connectivity index (χ4v) is 5.74. The lowest BCUT2D eigenvalue weighted by Gasteiger charge is -2.22. The van der Waals surface area contributed by atoms with Crippen LogP contribution in [-0.2, 0) is 6.54 Å². The lowest BCUT2D eigenvalue weighted by atomic mass is 10.0. The molecule has 0 spiro atoms. The number of carbonyl (C=O) groups is 1. The van der Waals surface area contributed by atoms with Crippen molar-refractivity contribution >= 4 is 46.0 Å². The molecule has 36 heavy (non-hydrogen) atoms. The molecule has 184 valence electrons. The van der Waals surface area contributed by atoms with E-state index in [-0.39, 0.29) is 6.03 Å².